The third kappa shape index (κ3) is 4.40. The number of pyridine rings is 1. The molecule has 0 unspecified atom stereocenters. The summed E-state index contributed by atoms with van der Waals surface area (Å²) in [6, 6.07) is 8.33. The Bertz CT molecular complexity index is 1020. The van der Waals surface area contributed by atoms with Gasteiger partial charge in [-0.1, -0.05) is 0 Å². The number of anilines is 1. The van der Waals surface area contributed by atoms with Gasteiger partial charge in [-0.25, -0.2) is 13.4 Å². The molecule has 0 aliphatic carbocycles. The summed E-state index contributed by atoms with van der Waals surface area (Å²) in [6.45, 7) is 1.43. The lowest BCUT2D eigenvalue weighted by Gasteiger charge is -2.30. The van der Waals surface area contributed by atoms with Gasteiger partial charge in [0.2, 0.25) is 15.9 Å². The first-order valence-electron chi connectivity index (χ1n) is 9.68. The minimum absolute atomic E-state index is 0.106. The Kier molecular flexibility index (Phi) is 6.16. The number of piperidine rings is 1. The van der Waals surface area contributed by atoms with Crippen molar-refractivity contribution in [1.82, 2.24) is 9.29 Å². The molecule has 2 aromatic rings. The number of amides is 1. The van der Waals surface area contributed by atoms with Gasteiger partial charge in [-0.05, 0) is 43.4 Å². The zero-order valence-corrected chi connectivity index (χ0v) is 18.2. The van der Waals surface area contributed by atoms with Crippen LogP contribution in [0, 0.1) is 5.92 Å². The van der Waals surface area contributed by atoms with Crippen molar-refractivity contribution in [3.8, 4) is 11.5 Å². The molecule has 1 aromatic heterocycles. The molecule has 1 N–H and O–H groups in total. The molecular weight excluding hydrogens is 426 g/mol. The highest BCUT2D eigenvalue weighted by atomic mass is 32.2. The van der Waals surface area contributed by atoms with Crippen LogP contribution >= 0.6 is 11.8 Å². The van der Waals surface area contributed by atoms with Crippen molar-refractivity contribution in [2.45, 2.75) is 22.8 Å². The van der Waals surface area contributed by atoms with Crippen LogP contribution in [0.5, 0.6) is 11.5 Å². The second-order valence-electron chi connectivity index (χ2n) is 7.06. The lowest BCUT2D eigenvalue weighted by molar-refractivity contribution is -0.120. The van der Waals surface area contributed by atoms with Gasteiger partial charge in [0.25, 0.3) is 0 Å². The number of aromatic nitrogens is 1. The SMILES string of the molecule is CSc1ccc(NC(=O)C2CCN(S(=O)(=O)c3ccc4c(c3)OCCO4)CC2)cn1. The number of carbonyl (C=O) groups is 1. The third-order valence-electron chi connectivity index (χ3n) is 5.19. The average molecular weight is 450 g/mol. The van der Waals surface area contributed by atoms with Crippen molar-refractivity contribution >= 4 is 33.4 Å². The Morgan fingerprint density at radius 1 is 1.13 bits per heavy atom. The molecule has 30 heavy (non-hydrogen) atoms. The highest BCUT2D eigenvalue weighted by Gasteiger charge is 2.33. The van der Waals surface area contributed by atoms with Crippen LogP contribution in [0.3, 0.4) is 0 Å². The predicted molar refractivity (Wildman–Crippen MR) is 114 cm³/mol. The predicted octanol–water partition coefficient (Wildman–Crippen LogP) is 2.61. The molecule has 0 radical (unpaired) electrons. The molecule has 2 aliphatic heterocycles. The minimum atomic E-state index is -3.66. The van der Waals surface area contributed by atoms with Gasteiger partial charge >= 0.3 is 0 Å². The highest BCUT2D eigenvalue weighted by Crippen LogP contribution is 2.34. The van der Waals surface area contributed by atoms with Gasteiger partial charge in [0.15, 0.2) is 11.5 Å². The average Bonchev–Trinajstić information content (AvgIpc) is 2.79. The van der Waals surface area contributed by atoms with E-state index >= 15 is 0 Å². The molecule has 0 bridgehead atoms. The fraction of sp³-hybridized carbons (Fsp3) is 0.400. The molecule has 10 heteroatoms. The number of carbonyl (C=O) groups excluding carboxylic acids is 1. The van der Waals surface area contributed by atoms with Gasteiger partial charge in [-0.15, -0.1) is 11.8 Å². The molecule has 0 saturated carbocycles. The van der Waals surface area contributed by atoms with Gasteiger partial charge in [-0.2, -0.15) is 4.31 Å². The van der Waals surface area contributed by atoms with Crippen molar-refractivity contribution in [3.63, 3.8) is 0 Å². The van der Waals surface area contributed by atoms with E-state index in [-0.39, 0.29) is 16.7 Å². The topological polar surface area (TPSA) is 97.8 Å². The summed E-state index contributed by atoms with van der Waals surface area (Å²) in [5.41, 5.74) is 0.643. The molecule has 2 aliphatic rings. The molecule has 1 amide bonds. The zero-order chi connectivity index (χ0) is 21.1. The first kappa shape index (κ1) is 21.0. The number of ether oxygens (including phenoxy) is 2. The lowest BCUT2D eigenvalue weighted by atomic mass is 9.97. The van der Waals surface area contributed by atoms with Crippen LogP contribution < -0.4 is 14.8 Å². The van der Waals surface area contributed by atoms with Crippen molar-refractivity contribution in [2.75, 3.05) is 37.9 Å². The fourth-order valence-corrected chi connectivity index (χ4v) is 5.36. The number of hydrogen-bond acceptors (Lipinski definition) is 7. The number of nitrogens with one attached hydrogen (secondary N) is 1. The van der Waals surface area contributed by atoms with Crippen LogP contribution in [0.15, 0.2) is 46.5 Å². The molecule has 1 fully saturated rings. The standard InChI is InChI=1S/C20H23N3O5S2/c1-29-19-5-2-15(13-21-19)22-20(24)14-6-8-23(9-7-14)30(25,26)16-3-4-17-18(12-16)28-11-10-27-17/h2-5,12-14H,6-11H2,1H3,(H,22,24). The number of benzene rings is 1. The number of fused-ring (bicyclic) bond motifs is 1. The fourth-order valence-electron chi connectivity index (χ4n) is 3.51. The lowest BCUT2D eigenvalue weighted by Crippen LogP contribution is -2.41. The molecule has 4 rings (SSSR count). The number of thioether (sulfide) groups is 1. The summed E-state index contributed by atoms with van der Waals surface area (Å²) < 4.78 is 38.4. The Balaban J connectivity index is 1.38. The second-order valence-corrected chi connectivity index (χ2v) is 9.83. The van der Waals surface area contributed by atoms with Gasteiger partial charge in [0.1, 0.15) is 13.2 Å². The first-order valence-corrected chi connectivity index (χ1v) is 12.3. The molecule has 8 nitrogen and oxygen atoms in total. The maximum Gasteiger partial charge on any atom is 0.243 e. The van der Waals surface area contributed by atoms with Crippen LogP contribution in [-0.2, 0) is 14.8 Å². The molecule has 0 spiro atoms. The first-order chi connectivity index (χ1) is 14.5. The van der Waals surface area contributed by atoms with Gasteiger partial charge < -0.3 is 14.8 Å². The second kappa shape index (κ2) is 8.83. The van der Waals surface area contributed by atoms with E-state index in [1.54, 1.807) is 12.3 Å². The zero-order valence-electron chi connectivity index (χ0n) is 16.5. The number of sulfonamides is 1. The Morgan fingerprint density at radius 3 is 2.53 bits per heavy atom. The van der Waals surface area contributed by atoms with E-state index in [0.29, 0.717) is 56.3 Å². The summed E-state index contributed by atoms with van der Waals surface area (Å²) in [5.74, 6) is 0.648. The van der Waals surface area contributed by atoms with Crippen molar-refractivity contribution in [1.29, 1.82) is 0 Å². The molecule has 0 atom stereocenters. The molecule has 160 valence electrons. The van der Waals surface area contributed by atoms with E-state index in [4.69, 9.17) is 9.47 Å². The summed E-state index contributed by atoms with van der Waals surface area (Å²) in [4.78, 5) is 17.0. The van der Waals surface area contributed by atoms with Gasteiger partial charge in [-0.3, -0.25) is 4.79 Å². The van der Waals surface area contributed by atoms with Gasteiger partial charge in [0.05, 0.1) is 21.8 Å². The summed E-state index contributed by atoms with van der Waals surface area (Å²) in [5, 5.41) is 3.75. The quantitative estimate of drug-likeness (QED) is 0.701. The smallest absolute Gasteiger partial charge is 0.243 e. The molecule has 1 aromatic carbocycles. The number of hydrogen-bond donors (Lipinski definition) is 1. The Morgan fingerprint density at radius 2 is 1.87 bits per heavy atom. The van der Waals surface area contributed by atoms with E-state index in [9.17, 15) is 13.2 Å². The Hall–Kier alpha value is -2.30. The van der Waals surface area contributed by atoms with Crippen molar-refractivity contribution in [2.24, 2.45) is 5.92 Å². The van der Waals surface area contributed by atoms with Crippen LogP contribution in [0.25, 0.3) is 0 Å². The van der Waals surface area contributed by atoms with Crippen LogP contribution in [0.4, 0.5) is 5.69 Å². The monoisotopic (exact) mass is 449 g/mol. The maximum absolute atomic E-state index is 13.0. The maximum atomic E-state index is 13.0. The molecule has 3 heterocycles. The van der Waals surface area contributed by atoms with Crippen LogP contribution in [0.1, 0.15) is 12.8 Å². The number of rotatable bonds is 5. The summed E-state index contributed by atoms with van der Waals surface area (Å²) in [6.07, 6.45) is 4.50. The highest BCUT2D eigenvalue weighted by molar-refractivity contribution is 7.98. The van der Waals surface area contributed by atoms with E-state index in [0.717, 1.165) is 5.03 Å². The largest absolute Gasteiger partial charge is 0.486 e. The van der Waals surface area contributed by atoms with E-state index in [2.05, 4.69) is 10.3 Å². The van der Waals surface area contributed by atoms with Gasteiger partial charge in [0, 0.05) is 25.1 Å². The summed E-state index contributed by atoms with van der Waals surface area (Å²) >= 11 is 1.53. The van der Waals surface area contributed by atoms with Crippen molar-refractivity contribution < 1.29 is 22.7 Å². The van der Waals surface area contributed by atoms with E-state index in [1.165, 1.54) is 28.2 Å². The van der Waals surface area contributed by atoms with Crippen molar-refractivity contribution in [3.05, 3.63) is 36.5 Å². The summed E-state index contributed by atoms with van der Waals surface area (Å²) in [7, 11) is -3.66. The molecular formula is C20H23N3O5S2. The van der Waals surface area contributed by atoms with Crippen LogP contribution in [-0.4, -0.2) is 56.2 Å². The normalized spacial score (nSPS) is 17.5. The van der Waals surface area contributed by atoms with E-state index in [1.807, 2.05) is 18.4 Å². The number of nitrogens with zero attached hydrogens (tertiary/aromatic N) is 2. The third-order valence-corrected chi connectivity index (χ3v) is 7.74. The molecule has 1 saturated heterocycles. The minimum Gasteiger partial charge on any atom is -0.486 e. The van der Waals surface area contributed by atoms with E-state index < -0.39 is 10.0 Å². The Labute approximate surface area is 180 Å². The van der Waals surface area contributed by atoms with Crippen LogP contribution in [0.2, 0.25) is 0 Å².